The summed E-state index contributed by atoms with van der Waals surface area (Å²) in [5.74, 6) is -0.0419. The van der Waals surface area contributed by atoms with Gasteiger partial charge in [0.25, 0.3) is 0 Å². The van der Waals surface area contributed by atoms with Crippen LogP contribution in [-0.4, -0.2) is 11.8 Å². The minimum Gasteiger partial charge on any atom is -0.461 e. The zero-order valence-electron chi connectivity index (χ0n) is 10.3. The fourth-order valence-electron chi connectivity index (χ4n) is 1.82. The van der Waals surface area contributed by atoms with Gasteiger partial charge in [0.2, 0.25) is 0 Å². The van der Waals surface area contributed by atoms with Crippen molar-refractivity contribution in [3.05, 3.63) is 42.3 Å². The third-order valence-electron chi connectivity index (χ3n) is 2.89. The van der Waals surface area contributed by atoms with Crippen molar-refractivity contribution >= 4 is 11.8 Å². The second-order valence-corrected chi connectivity index (χ2v) is 4.34. The van der Waals surface area contributed by atoms with Crippen LogP contribution < -0.4 is 0 Å². The summed E-state index contributed by atoms with van der Waals surface area (Å²) in [5, 5.41) is 0. The quantitative estimate of drug-likeness (QED) is 0.617. The van der Waals surface area contributed by atoms with Crippen molar-refractivity contribution in [3.63, 3.8) is 0 Å². The van der Waals surface area contributed by atoms with Crippen molar-refractivity contribution in [3.8, 4) is 0 Å². The predicted octanol–water partition coefficient (Wildman–Crippen LogP) is 2.16. The summed E-state index contributed by atoms with van der Waals surface area (Å²) in [5.41, 5.74) is 0.976. The second-order valence-electron chi connectivity index (χ2n) is 4.34. The fraction of sp³-hybridized carbons (Fsp3) is 0.357. The number of carbonyl (C=O) groups excluding carboxylic acids is 2. The van der Waals surface area contributed by atoms with Gasteiger partial charge in [-0.1, -0.05) is 30.3 Å². The molecule has 1 aliphatic rings. The van der Waals surface area contributed by atoms with Gasteiger partial charge in [-0.15, -0.1) is 5.92 Å². The van der Waals surface area contributed by atoms with E-state index in [1.54, 1.807) is 6.92 Å². The molecule has 93 valence electrons. The van der Waals surface area contributed by atoms with E-state index < -0.39 is 0 Å². The van der Waals surface area contributed by atoms with E-state index >= 15 is 0 Å². The number of esters is 1. The molecule has 4 heteroatoms. The van der Waals surface area contributed by atoms with Gasteiger partial charge in [0.05, 0.1) is 0 Å². The van der Waals surface area contributed by atoms with Gasteiger partial charge in [-0.3, -0.25) is 4.79 Å². The van der Waals surface area contributed by atoms with Gasteiger partial charge in [-0.05, 0) is 12.5 Å². The van der Waals surface area contributed by atoms with E-state index in [9.17, 15) is 9.59 Å². The van der Waals surface area contributed by atoms with E-state index in [0.29, 0.717) is 13.0 Å². The number of benzene rings is 1. The second kappa shape index (κ2) is 7.15. The topological polar surface area (TPSA) is 43.4 Å². The number of Topliss-reactive ketones (excluding diaryl/α,β-unsaturated/α-hetero) is 1. The maximum atomic E-state index is 11.5. The molecule has 1 aromatic carbocycles. The average molecular weight is 320 g/mol. The Morgan fingerprint density at radius 1 is 1.28 bits per heavy atom. The monoisotopic (exact) mass is 320 g/mol. The van der Waals surface area contributed by atoms with E-state index in [-0.39, 0.29) is 56.3 Å². The van der Waals surface area contributed by atoms with Gasteiger partial charge >= 0.3 is 5.97 Å². The molecule has 0 heterocycles. The van der Waals surface area contributed by atoms with Crippen LogP contribution in [0.2, 0.25) is 0 Å². The fourth-order valence-corrected chi connectivity index (χ4v) is 1.82. The van der Waals surface area contributed by atoms with E-state index in [4.69, 9.17) is 4.74 Å². The molecule has 0 N–H and O–H groups in total. The molecule has 18 heavy (non-hydrogen) atoms. The molecule has 1 radical (unpaired) electrons. The molecule has 0 aliphatic heterocycles. The predicted molar refractivity (Wildman–Crippen MR) is 62.8 cm³/mol. The summed E-state index contributed by atoms with van der Waals surface area (Å²) in [4.78, 5) is 22.5. The first-order valence-corrected chi connectivity index (χ1v) is 5.72. The SMILES string of the molecule is CC(=O)[C@H]1[CH-][C@@H]1CC(=O)OCc1ccccc1.[Y]. The molecular formula is C14H15O3Y-. The van der Waals surface area contributed by atoms with Crippen LogP contribution >= 0.6 is 0 Å². The summed E-state index contributed by atoms with van der Waals surface area (Å²) in [6, 6.07) is 9.55. The molecular weight excluding hydrogens is 305 g/mol. The molecule has 2 rings (SSSR count). The Morgan fingerprint density at radius 3 is 2.50 bits per heavy atom. The summed E-state index contributed by atoms with van der Waals surface area (Å²) in [6.07, 6.45) is 2.21. The van der Waals surface area contributed by atoms with Crippen LogP contribution in [0.15, 0.2) is 30.3 Å². The molecule has 1 fully saturated rings. The molecule has 0 saturated heterocycles. The van der Waals surface area contributed by atoms with Crippen molar-refractivity contribution in [2.24, 2.45) is 11.8 Å². The Bertz CT molecular complexity index is 416. The van der Waals surface area contributed by atoms with Crippen LogP contribution in [0.25, 0.3) is 0 Å². The molecule has 3 nitrogen and oxygen atoms in total. The number of rotatable bonds is 5. The van der Waals surface area contributed by atoms with Crippen molar-refractivity contribution in [2.45, 2.75) is 20.0 Å². The van der Waals surface area contributed by atoms with Gasteiger partial charge in [0.15, 0.2) is 0 Å². The number of ketones is 1. The minimum atomic E-state index is -0.237. The maximum absolute atomic E-state index is 11.5. The molecule has 0 amide bonds. The zero-order chi connectivity index (χ0) is 12.3. The Morgan fingerprint density at radius 2 is 1.94 bits per heavy atom. The Hall–Kier alpha value is -0.536. The van der Waals surface area contributed by atoms with E-state index in [0.717, 1.165) is 5.56 Å². The maximum Gasteiger partial charge on any atom is 0.303 e. The van der Waals surface area contributed by atoms with Crippen LogP contribution in [0.3, 0.4) is 0 Å². The molecule has 0 aromatic heterocycles. The van der Waals surface area contributed by atoms with Crippen molar-refractivity contribution < 1.29 is 47.0 Å². The van der Waals surface area contributed by atoms with Crippen LogP contribution in [0, 0.1) is 18.3 Å². The first-order valence-electron chi connectivity index (χ1n) is 5.72. The molecule has 0 bridgehead atoms. The Kier molecular flexibility index (Phi) is 6.17. The van der Waals surface area contributed by atoms with Crippen molar-refractivity contribution in [2.75, 3.05) is 0 Å². The van der Waals surface area contributed by atoms with Gasteiger partial charge in [-0.2, -0.15) is 5.92 Å². The van der Waals surface area contributed by atoms with Crippen LogP contribution in [0.1, 0.15) is 18.9 Å². The van der Waals surface area contributed by atoms with Gasteiger partial charge < -0.3 is 16.0 Å². The average Bonchev–Trinajstić information content (AvgIpc) is 3.07. The third kappa shape index (κ3) is 4.62. The molecule has 0 spiro atoms. The molecule has 2 atom stereocenters. The molecule has 0 unspecified atom stereocenters. The van der Waals surface area contributed by atoms with Gasteiger partial charge in [0.1, 0.15) is 12.4 Å². The van der Waals surface area contributed by atoms with Gasteiger partial charge in [-0.25, -0.2) is 0 Å². The van der Waals surface area contributed by atoms with E-state index in [1.807, 2.05) is 36.8 Å². The van der Waals surface area contributed by atoms with E-state index in [2.05, 4.69) is 0 Å². The van der Waals surface area contributed by atoms with E-state index in [1.165, 1.54) is 0 Å². The smallest absolute Gasteiger partial charge is 0.303 e. The standard InChI is InChI=1S/C14H15O3.Y/c1-10(15)13-7-12(13)8-14(16)17-9-11-5-3-2-4-6-11;/h2-7,12-13H,8-9H2,1H3;/q-1;/t12-,13-;/m1./s1. The number of hydrogen-bond acceptors (Lipinski definition) is 3. The third-order valence-corrected chi connectivity index (χ3v) is 2.89. The number of hydrogen-bond donors (Lipinski definition) is 0. The first-order chi connectivity index (χ1) is 8.16. The summed E-state index contributed by atoms with van der Waals surface area (Å²) in [6.45, 7) is 1.85. The summed E-state index contributed by atoms with van der Waals surface area (Å²) < 4.78 is 5.14. The van der Waals surface area contributed by atoms with Gasteiger partial charge in [0, 0.05) is 39.1 Å². The molecule has 1 saturated carbocycles. The number of ether oxygens (including phenoxy) is 1. The Balaban J connectivity index is 0.00000162. The first kappa shape index (κ1) is 15.5. The molecule has 1 aromatic rings. The minimum absolute atomic E-state index is 0. The normalized spacial score (nSPS) is 20.7. The van der Waals surface area contributed by atoms with Crippen LogP contribution in [0.5, 0.6) is 0 Å². The van der Waals surface area contributed by atoms with Crippen LogP contribution in [0.4, 0.5) is 0 Å². The number of carbonyl (C=O) groups is 2. The van der Waals surface area contributed by atoms with Crippen molar-refractivity contribution in [1.82, 2.24) is 0 Å². The summed E-state index contributed by atoms with van der Waals surface area (Å²) >= 11 is 0. The Labute approximate surface area is 132 Å². The largest absolute Gasteiger partial charge is 0.461 e. The van der Waals surface area contributed by atoms with Crippen molar-refractivity contribution in [1.29, 1.82) is 0 Å². The zero-order valence-corrected chi connectivity index (χ0v) is 13.2. The van der Waals surface area contributed by atoms with Crippen LogP contribution in [-0.2, 0) is 53.6 Å². The summed E-state index contributed by atoms with van der Waals surface area (Å²) in [7, 11) is 0. The molecule has 1 aliphatic carbocycles.